The van der Waals surface area contributed by atoms with Crippen LogP contribution in [0.5, 0.6) is 0 Å². The minimum atomic E-state index is -3.63. The second kappa shape index (κ2) is 6.89. The Morgan fingerprint density at radius 2 is 2.00 bits per heavy atom. The quantitative estimate of drug-likeness (QED) is 0.756. The maximum absolute atomic E-state index is 12.3. The van der Waals surface area contributed by atoms with Crippen molar-refractivity contribution in [3.63, 3.8) is 0 Å². The molecule has 104 valence electrons. The number of hydrogen-bond donors (Lipinski definition) is 1. The molecule has 0 aliphatic carbocycles. The van der Waals surface area contributed by atoms with E-state index in [0.717, 1.165) is 16.5 Å². The molecule has 0 bridgehead atoms. The molecule has 3 nitrogen and oxygen atoms in total. The highest BCUT2D eigenvalue weighted by Gasteiger charge is 2.21. The highest BCUT2D eigenvalue weighted by molar-refractivity contribution is 9.11. The molecule has 1 atom stereocenters. The van der Waals surface area contributed by atoms with Gasteiger partial charge in [0.15, 0.2) is 0 Å². The van der Waals surface area contributed by atoms with Gasteiger partial charge in [-0.05, 0) is 47.0 Å². The van der Waals surface area contributed by atoms with E-state index in [4.69, 9.17) is 6.42 Å². The number of hydrogen-bond acceptors (Lipinski definition) is 2. The molecule has 0 amide bonds. The summed E-state index contributed by atoms with van der Waals surface area (Å²) in [6.45, 7) is 3.84. The lowest BCUT2D eigenvalue weighted by Crippen LogP contribution is -2.33. The zero-order chi connectivity index (χ0) is 14.6. The zero-order valence-electron chi connectivity index (χ0n) is 10.7. The Balaban J connectivity index is 3.14. The summed E-state index contributed by atoms with van der Waals surface area (Å²) in [6.07, 6.45) is 6.77. The van der Waals surface area contributed by atoms with Gasteiger partial charge in [-0.2, -0.15) is 4.72 Å². The Bertz CT molecular complexity index is 606. The van der Waals surface area contributed by atoms with Gasteiger partial charge >= 0.3 is 0 Å². The van der Waals surface area contributed by atoms with E-state index >= 15 is 0 Å². The lowest BCUT2D eigenvalue weighted by atomic mass is 10.2. The molecule has 0 saturated carbocycles. The van der Waals surface area contributed by atoms with Gasteiger partial charge in [0.25, 0.3) is 0 Å². The lowest BCUT2D eigenvalue weighted by molar-refractivity contribution is 0.564. The third-order valence-corrected chi connectivity index (χ3v) is 5.86. The van der Waals surface area contributed by atoms with Gasteiger partial charge in [-0.15, -0.1) is 6.42 Å². The van der Waals surface area contributed by atoms with E-state index < -0.39 is 16.1 Å². The van der Waals surface area contributed by atoms with Crippen LogP contribution in [0, 0.1) is 19.3 Å². The molecule has 6 heteroatoms. The van der Waals surface area contributed by atoms with Crippen molar-refractivity contribution in [2.24, 2.45) is 0 Å². The van der Waals surface area contributed by atoms with Crippen LogP contribution in [0.4, 0.5) is 0 Å². The molecule has 19 heavy (non-hydrogen) atoms. The minimum absolute atomic E-state index is 0.182. The molecular weight excluding hydrogens is 394 g/mol. The van der Waals surface area contributed by atoms with Crippen molar-refractivity contribution >= 4 is 41.9 Å². The van der Waals surface area contributed by atoms with Crippen LogP contribution in [0.25, 0.3) is 0 Å². The zero-order valence-corrected chi connectivity index (χ0v) is 14.7. The van der Waals surface area contributed by atoms with Gasteiger partial charge in [-0.25, -0.2) is 8.42 Å². The van der Waals surface area contributed by atoms with Gasteiger partial charge in [-0.3, -0.25) is 0 Å². The standard InChI is InChI=1S/C13H15Br2NO2S/c1-4-6-10(5-2)16-19(17,18)13-8-11(14)9(3)7-12(13)15/h2,7-8,10,16H,4,6H2,1,3H3. The maximum atomic E-state index is 12.3. The third-order valence-electron chi connectivity index (χ3n) is 2.58. The first-order valence-corrected chi connectivity index (χ1v) is 8.82. The van der Waals surface area contributed by atoms with Crippen molar-refractivity contribution in [1.82, 2.24) is 4.72 Å². The number of halogens is 2. The Hall–Kier alpha value is -0.350. The Labute approximate surface area is 131 Å². The third kappa shape index (κ3) is 4.32. The summed E-state index contributed by atoms with van der Waals surface area (Å²) in [6, 6.07) is 2.84. The number of nitrogens with one attached hydrogen (secondary N) is 1. The second-order valence-corrected chi connectivity index (χ2v) is 7.55. The van der Waals surface area contributed by atoms with E-state index in [9.17, 15) is 8.42 Å². The monoisotopic (exact) mass is 407 g/mol. The number of rotatable bonds is 5. The van der Waals surface area contributed by atoms with Crippen molar-refractivity contribution in [2.75, 3.05) is 0 Å². The van der Waals surface area contributed by atoms with Crippen LogP contribution < -0.4 is 4.72 Å². The van der Waals surface area contributed by atoms with Crippen molar-refractivity contribution in [3.05, 3.63) is 26.6 Å². The van der Waals surface area contributed by atoms with Crippen molar-refractivity contribution in [2.45, 2.75) is 37.6 Å². The highest BCUT2D eigenvalue weighted by atomic mass is 79.9. The molecule has 1 aromatic rings. The van der Waals surface area contributed by atoms with Crippen LogP contribution in [-0.4, -0.2) is 14.5 Å². The van der Waals surface area contributed by atoms with Crippen LogP contribution in [0.2, 0.25) is 0 Å². The van der Waals surface area contributed by atoms with Gasteiger partial charge in [0.2, 0.25) is 10.0 Å². The number of benzene rings is 1. The normalized spacial score (nSPS) is 13.0. The fourth-order valence-electron chi connectivity index (χ4n) is 1.55. The fraction of sp³-hybridized carbons (Fsp3) is 0.385. The average molecular weight is 409 g/mol. The van der Waals surface area contributed by atoms with Crippen LogP contribution in [-0.2, 0) is 10.0 Å². The fourth-order valence-corrected chi connectivity index (χ4v) is 4.42. The molecule has 0 aliphatic rings. The smallest absolute Gasteiger partial charge is 0.207 e. The first kappa shape index (κ1) is 16.7. The Morgan fingerprint density at radius 1 is 1.37 bits per heavy atom. The first-order valence-electron chi connectivity index (χ1n) is 5.76. The minimum Gasteiger partial charge on any atom is -0.207 e. The molecule has 0 spiro atoms. The van der Waals surface area contributed by atoms with Crippen LogP contribution in [0.15, 0.2) is 26.0 Å². The molecule has 1 N–H and O–H groups in total. The average Bonchev–Trinajstić information content (AvgIpc) is 2.32. The lowest BCUT2D eigenvalue weighted by Gasteiger charge is -2.14. The molecule has 1 rings (SSSR count). The van der Waals surface area contributed by atoms with E-state index in [-0.39, 0.29) is 4.90 Å². The number of aryl methyl sites for hydroxylation is 1. The summed E-state index contributed by atoms with van der Waals surface area (Å²) >= 11 is 6.61. The van der Waals surface area contributed by atoms with Gasteiger partial charge in [0.05, 0.1) is 10.9 Å². The van der Waals surface area contributed by atoms with Crippen molar-refractivity contribution < 1.29 is 8.42 Å². The van der Waals surface area contributed by atoms with Gasteiger partial charge in [0.1, 0.15) is 0 Å². The number of sulfonamides is 1. The predicted octanol–water partition coefficient (Wildman–Crippen LogP) is 3.60. The van der Waals surface area contributed by atoms with Crippen molar-refractivity contribution in [3.8, 4) is 12.3 Å². The van der Waals surface area contributed by atoms with Gasteiger partial charge in [-0.1, -0.05) is 35.2 Å². The molecule has 0 fully saturated rings. The molecule has 1 unspecified atom stereocenters. The largest absolute Gasteiger partial charge is 0.242 e. The molecule has 1 aromatic carbocycles. The van der Waals surface area contributed by atoms with E-state index in [1.165, 1.54) is 0 Å². The Kier molecular flexibility index (Phi) is 6.06. The summed E-state index contributed by atoms with van der Waals surface area (Å²) in [7, 11) is -3.63. The van der Waals surface area contributed by atoms with Crippen LogP contribution >= 0.6 is 31.9 Å². The summed E-state index contributed by atoms with van der Waals surface area (Å²) in [5, 5.41) is 0. The predicted molar refractivity (Wildman–Crippen MR) is 84.4 cm³/mol. The van der Waals surface area contributed by atoms with E-state index in [1.54, 1.807) is 12.1 Å². The topological polar surface area (TPSA) is 46.2 Å². The van der Waals surface area contributed by atoms with Crippen LogP contribution in [0.1, 0.15) is 25.3 Å². The maximum Gasteiger partial charge on any atom is 0.242 e. The molecule has 0 radical (unpaired) electrons. The summed E-state index contributed by atoms with van der Waals surface area (Å²) in [5.41, 5.74) is 0.952. The molecular formula is C13H15Br2NO2S. The first-order chi connectivity index (χ1) is 8.81. The van der Waals surface area contributed by atoms with E-state index in [1.807, 2.05) is 13.8 Å². The summed E-state index contributed by atoms with van der Waals surface area (Å²) in [5.74, 6) is 2.46. The highest BCUT2D eigenvalue weighted by Crippen LogP contribution is 2.28. The second-order valence-electron chi connectivity index (χ2n) is 4.16. The molecule has 0 aromatic heterocycles. The SMILES string of the molecule is C#CC(CCC)NS(=O)(=O)c1cc(Br)c(C)cc1Br. The number of terminal acetylenes is 1. The summed E-state index contributed by atoms with van der Waals surface area (Å²) < 4.78 is 28.4. The van der Waals surface area contributed by atoms with Gasteiger partial charge in [0, 0.05) is 8.95 Å². The van der Waals surface area contributed by atoms with E-state index in [0.29, 0.717) is 10.9 Å². The molecule has 0 heterocycles. The van der Waals surface area contributed by atoms with Crippen molar-refractivity contribution in [1.29, 1.82) is 0 Å². The van der Waals surface area contributed by atoms with Crippen LogP contribution in [0.3, 0.4) is 0 Å². The van der Waals surface area contributed by atoms with Gasteiger partial charge < -0.3 is 0 Å². The van der Waals surface area contributed by atoms with E-state index in [2.05, 4.69) is 42.5 Å². The molecule has 0 saturated heterocycles. The molecule has 0 aliphatic heterocycles. The Morgan fingerprint density at radius 3 is 2.53 bits per heavy atom. The summed E-state index contributed by atoms with van der Waals surface area (Å²) in [4.78, 5) is 0.182.